The van der Waals surface area contributed by atoms with Crippen molar-refractivity contribution in [3.63, 3.8) is 0 Å². The zero-order chi connectivity index (χ0) is 19.0. The topological polar surface area (TPSA) is 42.7 Å². The van der Waals surface area contributed by atoms with E-state index in [0.29, 0.717) is 5.56 Å². The quantitative estimate of drug-likeness (QED) is 0.643. The number of nitrogens with one attached hydrogen (secondary N) is 1. The Kier molecular flexibility index (Phi) is 4.43. The van der Waals surface area contributed by atoms with Gasteiger partial charge in [0.1, 0.15) is 18.7 Å². The molecule has 138 valence electrons. The first-order chi connectivity index (χ1) is 12.9. The fraction of sp³-hybridized carbons (Fsp3) is 0.158. The van der Waals surface area contributed by atoms with Gasteiger partial charge in [-0.2, -0.15) is 30.9 Å². The summed E-state index contributed by atoms with van der Waals surface area (Å²) >= 11 is 4.37. The number of halogens is 3. The van der Waals surface area contributed by atoms with Crippen LogP contribution >= 0.6 is 12.6 Å². The molecule has 0 fully saturated rings. The molecule has 1 aromatic heterocycles. The van der Waals surface area contributed by atoms with E-state index in [-0.39, 0.29) is 5.37 Å². The Labute approximate surface area is 159 Å². The molecule has 3 aromatic rings. The van der Waals surface area contributed by atoms with Crippen molar-refractivity contribution < 1.29 is 13.2 Å². The van der Waals surface area contributed by atoms with E-state index in [4.69, 9.17) is 0 Å². The summed E-state index contributed by atoms with van der Waals surface area (Å²) in [6, 6.07) is 10.5. The average Bonchev–Trinajstić information content (AvgIpc) is 3.16. The maximum atomic E-state index is 13.2. The van der Waals surface area contributed by atoms with Crippen LogP contribution in [0.15, 0.2) is 61.2 Å². The van der Waals surface area contributed by atoms with E-state index in [1.807, 2.05) is 30.4 Å². The Balaban J connectivity index is 1.82. The van der Waals surface area contributed by atoms with E-state index in [1.165, 1.54) is 18.7 Å². The van der Waals surface area contributed by atoms with Gasteiger partial charge < -0.3 is 5.32 Å². The van der Waals surface area contributed by atoms with E-state index in [9.17, 15) is 13.2 Å². The fourth-order valence-corrected chi connectivity index (χ4v) is 3.38. The maximum absolute atomic E-state index is 13.2. The number of nitrogens with zero attached hydrogens (tertiary/aromatic N) is 3. The minimum absolute atomic E-state index is 0.0714. The maximum Gasteiger partial charge on any atom is 0.416 e. The summed E-state index contributed by atoms with van der Waals surface area (Å²) in [4.78, 5) is 3.96. The van der Waals surface area contributed by atoms with Gasteiger partial charge in [0, 0.05) is 5.69 Å². The van der Waals surface area contributed by atoms with Gasteiger partial charge in [0.25, 0.3) is 0 Å². The van der Waals surface area contributed by atoms with Crippen LogP contribution in [0.1, 0.15) is 28.3 Å². The lowest BCUT2D eigenvalue weighted by molar-refractivity contribution is -0.137. The molecule has 0 saturated heterocycles. The third kappa shape index (κ3) is 3.57. The summed E-state index contributed by atoms with van der Waals surface area (Å²) in [6.45, 7) is 0. The second kappa shape index (κ2) is 6.77. The van der Waals surface area contributed by atoms with E-state index < -0.39 is 17.8 Å². The predicted octanol–water partition coefficient (Wildman–Crippen LogP) is 4.63. The van der Waals surface area contributed by atoms with E-state index in [2.05, 4.69) is 28.0 Å². The fourth-order valence-electron chi connectivity index (χ4n) is 3.16. The molecule has 0 amide bonds. The molecule has 1 aliphatic rings. The molecule has 1 aliphatic heterocycles. The van der Waals surface area contributed by atoms with Crippen LogP contribution in [-0.2, 0) is 6.18 Å². The lowest BCUT2D eigenvalue weighted by atomic mass is 9.94. The number of benzene rings is 2. The van der Waals surface area contributed by atoms with Crippen molar-refractivity contribution in [1.82, 2.24) is 14.8 Å². The molecule has 2 atom stereocenters. The normalized spacial score (nSPS) is 17.3. The Morgan fingerprint density at radius 2 is 1.93 bits per heavy atom. The Morgan fingerprint density at radius 3 is 2.67 bits per heavy atom. The minimum Gasteiger partial charge on any atom is -0.370 e. The summed E-state index contributed by atoms with van der Waals surface area (Å²) in [6.07, 6.45) is 2.31. The standard InChI is InChI=1S/C19H15F3N4S/c20-19(21,22)15-3-1-2-13(9-15)18(26-11-23-10-24-26)14-4-6-16-12(8-14)5-7-17(27)25-16/h1-11,17-18,25,27H. The highest BCUT2D eigenvalue weighted by atomic mass is 32.1. The van der Waals surface area contributed by atoms with Gasteiger partial charge in [-0.3, -0.25) is 0 Å². The van der Waals surface area contributed by atoms with Crippen LogP contribution in [0, 0.1) is 0 Å². The Hall–Kier alpha value is -2.74. The Bertz CT molecular complexity index is 983. The predicted molar refractivity (Wildman–Crippen MR) is 101 cm³/mol. The van der Waals surface area contributed by atoms with E-state index in [1.54, 1.807) is 10.7 Å². The van der Waals surface area contributed by atoms with Gasteiger partial charge in [-0.25, -0.2) is 9.67 Å². The van der Waals surface area contributed by atoms with Gasteiger partial charge in [0.2, 0.25) is 0 Å². The molecule has 0 saturated carbocycles. The third-order valence-corrected chi connectivity index (χ3v) is 4.68. The summed E-state index contributed by atoms with van der Waals surface area (Å²) in [5, 5.41) is 7.32. The highest BCUT2D eigenvalue weighted by Gasteiger charge is 2.31. The average molecular weight is 388 g/mol. The summed E-state index contributed by atoms with van der Waals surface area (Å²) < 4.78 is 41.1. The monoisotopic (exact) mass is 388 g/mol. The Morgan fingerprint density at radius 1 is 1.11 bits per heavy atom. The van der Waals surface area contributed by atoms with Crippen molar-refractivity contribution in [3.05, 3.63) is 83.4 Å². The molecule has 4 rings (SSSR count). The second-order valence-corrected chi connectivity index (χ2v) is 6.75. The zero-order valence-electron chi connectivity index (χ0n) is 13.9. The van der Waals surface area contributed by atoms with Crippen LogP contribution in [0.4, 0.5) is 18.9 Å². The molecule has 8 heteroatoms. The van der Waals surface area contributed by atoms with Crippen LogP contribution < -0.4 is 5.32 Å². The number of hydrogen-bond donors (Lipinski definition) is 2. The van der Waals surface area contributed by atoms with Crippen LogP contribution in [0.3, 0.4) is 0 Å². The van der Waals surface area contributed by atoms with Gasteiger partial charge in [-0.1, -0.05) is 30.4 Å². The number of alkyl halides is 3. The smallest absolute Gasteiger partial charge is 0.370 e. The largest absolute Gasteiger partial charge is 0.416 e. The number of rotatable bonds is 3. The van der Waals surface area contributed by atoms with Crippen molar-refractivity contribution in [2.75, 3.05) is 5.32 Å². The molecule has 27 heavy (non-hydrogen) atoms. The van der Waals surface area contributed by atoms with Crippen LogP contribution in [0.25, 0.3) is 6.08 Å². The number of anilines is 1. The molecule has 2 heterocycles. The number of thiol groups is 1. The first-order valence-electron chi connectivity index (χ1n) is 8.20. The van der Waals surface area contributed by atoms with Crippen molar-refractivity contribution in [1.29, 1.82) is 0 Å². The van der Waals surface area contributed by atoms with Crippen LogP contribution in [-0.4, -0.2) is 20.1 Å². The molecule has 0 spiro atoms. The molecule has 0 aliphatic carbocycles. The number of fused-ring (bicyclic) bond motifs is 1. The summed E-state index contributed by atoms with van der Waals surface area (Å²) in [5.41, 5.74) is 2.46. The zero-order valence-corrected chi connectivity index (χ0v) is 14.8. The van der Waals surface area contributed by atoms with Crippen molar-refractivity contribution >= 4 is 24.4 Å². The molecule has 0 bridgehead atoms. The van der Waals surface area contributed by atoms with Gasteiger partial charge in [-0.15, -0.1) is 0 Å². The summed E-state index contributed by atoms with van der Waals surface area (Å²) in [5.74, 6) is 0. The lowest BCUT2D eigenvalue weighted by Crippen LogP contribution is -2.17. The first kappa shape index (κ1) is 17.7. The van der Waals surface area contributed by atoms with Crippen LogP contribution in [0.2, 0.25) is 0 Å². The molecular weight excluding hydrogens is 373 g/mol. The van der Waals surface area contributed by atoms with E-state index >= 15 is 0 Å². The lowest BCUT2D eigenvalue weighted by Gasteiger charge is -2.23. The SMILES string of the molecule is FC(F)(F)c1cccc(C(c2ccc3c(c2)C=CC(S)N3)n2cncn2)c1. The molecule has 2 unspecified atom stereocenters. The molecule has 2 aromatic carbocycles. The van der Waals surface area contributed by atoms with Crippen molar-refractivity contribution in [3.8, 4) is 0 Å². The van der Waals surface area contributed by atoms with Gasteiger partial charge in [0.05, 0.1) is 10.9 Å². The van der Waals surface area contributed by atoms with Crippen molar-refractivity contribution in [2.45, 2.75) is 17.6 Å². The number of hydrogen-bond acceptors (Lipinski definition) is 4. The molecule has 4 nitrogen and oxygen atoms in total. The van der Waals surface area contributed by atoms with Crippen LogP contribution in [0.5, 0.6) is 0 Å². The van der Waals surface area contributed by atoms with Gasteiger partial charge >= 0.3 is 6.18 Å². The van der Waals surface area contributed by atoms with Gasteiger partial charge in [-0.05, 0) is 41.0 Å². The molecule has 0 radical (unpaired) electrons. The minimum atomic E-state index is -4.41. The molecule has 1 N–H and O–H groups in total. The third-order valence-electron chi connectivity index (χ3n) is 4.38. The molecular formula is C19H15F3N4S. The highest BCUT2D eigenvalue weighted by Crippen LogP contribution is 2.35. The first-order valence-corrected chi connectivity index (χ1v) is 8.71. The highest BCUT2D eigenvalue weighted by molar-refractivity contribution is 7.81. The number of aromatic nitrogens is 3. The summed E-state index contributed by atoms with van der Waals surface area (Å²) in [7, 11) is 0. The van der Waals surface area contributed by atoms with Crippen molar-refractivity contribution in [2.24, 2.45) is 0 Å². The van der Waals surface area contributed by atoms with Gasteiger partial charge in [0.15, 0.2) is 0 Å². The second-order valence-electron chi connectivity index (χ2n) is 6.20. The van der Waals surface area contributed by atoms with E-state index in [0.717, 1.165) is 28.9 Å².